The highest BCUT2D eigenvalue weighted by atomic mass is 16.4. The lowest BCUT2D eigenvalue weighted by Crippen LogP contribution is -2.13. The third kappa shape index (κ3) is 2.12. The van der Waals surface area contributed by atoms with Crippen molar-refractivity contribution in [3.8, 4) is 0 Å². The fraction of sp³-hybridized carbons (Fsp3) is 0.0588. The van der Waals surface area contributed by atoms with E-state index < -0.39 is 5.97 Å². The van der Waals surface area contributed by atoms with E-state index in [-0.39, 0.29) is 23.4 Å². The van der Waals surface area contributed by atoms with Gasteiger partial charge in [-0.1, -0.05) is 12.1 Å². The average molecular weight is 306 g/mol. The first-order valence-corrected chi connectivity index (χ1v) is 6.94. The van der Waals surface area contributed by atoms with Crippen LogP contribution in [0, 0.1) is 0 Å². The van der Waals surface area contributed by atoms with Crippen molar-refractivity contribution in [3.63, 3.8) is 0 Å². The number of fused-ring (bicyclic) bond motifs is 2. The molecule has 0 radical (unpaired) electrons. The molecule has 3 aromatic rings. The Morgan fingerprint density at radius 1 is 1.26 bits per heavy atom. The van der Waals surface area contributed by atoms with Crippen molar-refractivity contribution in [2.45, 2.75) is 6.42 Å². The molecule has 112 valence electrons. The van der Waals surface area contributed by atoms with Crippen molar-refractivity contribution in [1.29, 1.82) is 0 Å². The molecule has 0 atom stereocenters. The van der Waals surface area contributed by atoms with Gasteiger partial charge in [0.25, 0.3) is 0 Å². The topological polar surface area (TPSA) is 92.8 Å². The lowest BCUT2D eigenvalue weighted by molar-refractivity contribution is 0.0697. The molecule has 23 heavy (non-hydrogen) atoms. The average Bonchev–Trinajstić information content (AvgIpc) is 2.98. The van der Waals surface area contributed by atoms with Crippen molar-refractivity contribution in [1.82, 2.24) is 4.98 Å². The van der Waals surface area contributed by atoms with Gasteiger partial charge in [0.1, 0.15) is 16.9 Å². The highest BCUT2D eigenvalue weighted by molar-refractivity contribution is 6.20. The van der Waals surface area contributed by atoms with Crippen molar-refractivity contribution in [2.75, 3.05) is 0 Å². The van der Waals surface area contributed by atoms with Crippen LogP contribution < -0.4 is 0 Å². The van der Waals surface area contributed by atoms with E-state index in [4.69, 9.17) is 4.42 Å². The minimum atomic E-state index is -1.06. The summed E-state index contributed by atoms with van der Waals surface area (Å²) in [6.07, 6.45) is 3.19. The molecule has 4 rings (SSSR count). The summed E-state index contributed by atoms with van der Waals surface area (Å²) in [5.74, 6) is -0.726. The van der Waals surface area contributed by atoms with Crippen molar-refractivity contribution in [2.24, 2.45) is 4.99 Å². The summed E-state index contributed by atoms with van der Waals surface area (Å²) in [6, 6.07) is 8.23. The molecule has 6 nitrogen and oxygen atoms in total. The molecule has 1 N–H and O–H groups in total. The van der Waals surface area contributed by atoms with Gasteiger partial charge in [-0.05, 0) is 18.2 Å². The van der Waals surface area contributed by atoms with Gasteiger partial charge in [-0.15, -0.1) is 0 Å². The van der Waals surface area contributed by atoms with Gasteiger partial charge in [-0.25, -0.2) is 9.79 Å². The number of pyridine rings is 1. The smallest absolute Gasteiger partial charge is 0.339 e. The molecular formula is C17H10N2O4. The maximum atomic E-state index is 12.2. The Morgan fingerprint density at radius 3 is 2.96 bits per heavy atom. The number of carboxylic acid groups (broad SMARTS) is 1. The zero-order valence-corrected chi connectivity index (χ0v) is 11.8. The molecule has 0 fully saturated rings. The van der Waals surface area contributed by atoms with E-state index in [1.807, 2.05) is 0 Å². The van der Waals surface area contributed by atoms with Crippen LogP contribution in [-0.2, 0) is 0 Å². The van der Waals surface area contributed by atoms with Gasteiger partial charge >= 0.3 is 5.97 Å². The van der Waals surface area contributed by atoms with Crippen molar-refractivity contribution < 1.29 is 19.1 Å². The molecule has 3 heterocycles. The van der Waals surface area contributed by atoms with Crippen LogP contribution in [0.5, 0.6) is 0 Å². The maximum absolute atomic E-state index is 12.2. The monoisotopic (exact) mass is 306 g/mol. The zero-order chi connectivity index (χ0) is 16.0. The summed E-state index contributed by atoms with van der Waals surface area (Å²) in [5.41, 5.74) is 1.87. The van der Waals surface area contributed by atoms with Crippen molar-refractivity contribution >= 4 is 34.1 Å². The number of carboxylic acids is 1. The van der Waals surface area contributed by atoms with E-state index in [1.54, 1.807) is 30.5 Å². The normalized spacial score (nSPS) is 13.7. The Bertz CT molecular complexity index is 1000. The van der Waals surface area contributed by atoms with E-state index >= 15 is 0 Å². The molecule has 0 bridgehead atoms. The number of benzene rings is 1. The Hall–Kier alpha value is -3.28. The number of rotatable bonds is 2. The molecule has 1 aliphatic heterocycles. The van der Waals surface area contributed by atoms with E-state index in [0.29, 0.717) is 28.1 Å². The molecular weight excluding hydrogens is 296 g/mol. The Labute approximate surface area is 130 Å². The number of para-hydroxylation sites is 1. The van der Waals surface area contributed by atoms with Gasteiger partial charge in [-0.2, -0.15) is 0 Å². The van der Waals surface area contributed by atoms with Gasteiger partial charge in [0.2, 0.25) is 0 Å². The third-order valence-electron chi connectivity index (χ3n) is 3.74. The zero-order valence-electron chi connectivity index (χ0n) is 11.8. The number of aliphatic imine (C=N–C) groups is 1. The van der Waals surface area contributed by atoms with Crippen LogP contribution >= 0.6 is 0 Å². The first kappa shape index (κ1) is 13.4. The van der Waals surface area contributed by atoms with E-state index in [9.17, 15) is 14.7 Å². The summed E-state index contributed by atoms with van der Waals surface area (Å²) in [7, 11) is 0. The number of carbonyl (C=O) groups is 2. The van der Waals surface area contributed by atoms with Crippen LogP contribution in [0.4, 0.5) is 5.69 Å². The Kier molecular flexibility index (Phi) is 2.84. The molecule has 0 saturated carbocycles. The molecule has 2 aromatic heterocycles. The lowest BCUT2D eigenvalue weighted by Gasteiger charge is -2.12. The summed E-state index contributed by atoms with van der Waals surface area (Å²) in [4.78, 5) is 31.9. The first-order chi connectivity index (χ1) is 11.1. The van der Waals surface area contributed by atoms with Gasteiger partial charge in [0.15, 0.2) is 5.78 Å². The van der Waals surface area contributed by atoms with E-state index in [1.165, 1.54) is 12.3 Å². The van der Waals surface area contributed by atoms with Crippen LogP contribution in [0.1, 0.15) is 32.9 Å². The Morgan fingerprint density at radius 2 is 2.13 bits per heavy atom. The van der Waals surface area contributed by atoms with Crippen LogP contribution in [0.15, 0.2) is 52.1 Å². The largest absolute Gasteiger partial charge is 0.478 e. The Balaban J connectivity index is 1.88. The highest BCUT2D eigenvalue weighted by Crippen LogP contribution is 2.30. The molecule has 0 unspecified atom stereocenters. The van der Waals surface area contributed by atoms with Gasteiger partial charge in [0.05, 0.1) is 24.0 Å². The fourth-order valence-corrected chi connectivity index (χ4v) is 2.66. The number of hydrogen-bond acceptors (Lipinski definition) is 5. The summed E-state index contributed by atoms with van der Waals surface area (Å²) >= 11 is 0. The molecule has 0 spiro atoms. The van der Waals surface area contributed by atoms with Crippen LogP contribution in [0.3, 0.4) is 0 Å². The number of furan rings is 1. The summed E-state index contributed by atoms with van der Waals surface area (Å²) in [6.45, 7) is 0. The predicted molar refractivity (Wildman–Crippen MR) is 82.6 cm³/mol. The summed E-state index contributed by atoms with van der Waals surface area (Å²) in [5, 5.41) is 9.88. The number of carbonyl (C=O) groups excluding carboxylic acids is 1. The van der Waals surface area contributed by atoms with Gasteiger partial charge in [0, 0.05) is 17.1 Å². The number of hydrogen-bond donors (Lipinski definition) is 1. The molecule has 6 heteroatoms. The maximum Gasteiger partial charge on any atom is 0.339 e. The number of nitrogens with zero attached hydrogens (tertiary/aromatic N) is 2. The number of aromatic carboxylic acids is 1. The number of aromatic nitrogens is 1. The van der Waals surface area contributed by atoms with Gasteiger partial charge in [-0.3, -0.25) is 9.78 Å². The standard InChI is InChI=1S/C17H10N2O4/c20-14-7-12(19-13-8-18-5-4-10(13)14)15-6-9-2-1-3-11(17(21)22)16(9)23-15/h1-6,8H,7H2,(H,21,22). The SMILES string of the molecule is O=C1CC(c2cc3cccc(C(=O)O)c3o2)=Nc2cnccc21. The highest BCUT2D eigenvalue weighted by Gasteiger charge is 2.24. The third-order valence-corrected chi connectivity index (χ3v) is 3.74. The molecule has 0 amide bonds. The van der Waals surface area contributed by atoms with Crippen molar-refractivity contribution in [3.05, 3.63) is 59.6 Å². The minimum Gasteiger partial charge on any atom is -0.478 e. The molecule has 1 aromatic carbocycles. The minimum absolute atomic E-state index is 0.0636. The second-order valence-corrected chi connectivity index (χ2v) is 5.19. The van der Waals surface area contributed by atoms with E-state index in [2.05, 4.69) is 9.98 Å². The fourth-order valence-electron chi connectivity index (χ4n) is 2.66. The molecule has 0 saturated heterocycles. The van der Waals surface area contributed by atoms with Crippen LogP contribution in [-0.4, -0.2) is 27.6 Å². The summed E-state index contributed by atoms with van der Waals surface area (Å²) < 4.78 is 5.68. The second-order valence-electron chi connectivity index (χ2n) is 5.19. The van der Waals surface area contributed by atoms with E-state index in [0.717, 1.165) is 0 Å². The second kappa shape index (κ2) is 4.88. The lowest BCUT2D eigenvalue weighted by atomic mass is 10.0. The number of ketones is 1. The molecule has 0 aliphatic carbocycles. The van der Waals surface area contributed by atoms with Gasteiger partial charge < -0.3 is 9.52 Å². The van der Waals surface area contributed by atoms with Crippen LogP contribution in [0.2, 0.25) is 0 Å². The molecule has 1 aliphatic rings. The predicted octanol–water partition coefficient (Wildman–Crippen LogP) is 3.23. The van der Waals surface area contributed by atoms with Crippen LogP contribution in [0.25, 0.3) is 11.0 Å². The first-order valence-electron chi connectivity index (χ1n) is 6.94. The quantitative estimate of drug-likeness (QED) is 0.784. The number of Topliss-reactive ketones (excluding diaryl/α,β-unsaturated/α-hetero) is 1.